The molecular weight excluding hydrogens is 412 g/mol. The van der Waals surface area contributed by atoms with Gasteiger partial charge in [-0.05, 0) is 48.7 Å². The number of morpholine rings is 1. The molecule has 1 heterocycles. The van der Waals surface area contributed by atoms with E-state index < -0.39 is 10.0 Å². The lowest BCUT2D eigenvalue weighted by atomic mass is 10.1. The second kappa shape index (κ2) is 9.71. The summed E-state index contributed by atoms with van der Waals surface area (Å²) in [6, 6.07) is 14.0. The van der Waals surface area contributed by atoms with Gasteiger partial charge in [0.05, 0.1) is 24.2 Å². The normalized spacial score (nSPS) is 16.3. The zero-order chi connectivity index (χ0) is 20.9. The SMILES string of the molecule is CC(NC(=O)CCc1ccc(S(=O)(=O)N2CCOCC2)cc1)c1cccc(Cl)c1. The second-order valence-corrected chi connectivity index (χ2v) is 9.38. The van der Waals surface area contributed by atoms with E-state index in [4.69, 9.17) is 16.3 Å². The summed E-state index contributed by atoms with van der Waals surface area (Å²) in [7, 11) is -3.50. The van der Waals surface area contributed by atoms with Gasteiger partial charge in [0.25, 0.3) is 0 Å². The summed E-state index contributed by atoms with van der Waals surface area (Å²) in [4.78, 5) is 12.5. The zero-order valence-corrected chi connectivity index (χ0v) is 17.9. The van der Waals surface area contributed by atoms with Crippen molar-refractivity contribution >= 4 is 27.5 Å². The van der Waals surface area contributed by atoms with Crippen molar-refractivity contribution < 1.29 is 17.9 Å². The lowest BCUT2D eigenvalue weighted by Crippen LogP contribution is -2.40. The van der Waals surface area contributed by atoms with Crippen LogP contribution < -0.4 is 5.32 Å². The Kier molecular flexibility index (Phi) is 7.29. The average molecular weight is 437 g/mol. The van der Waals surface area contributed by atoms with Crippen LogP contribution in [0.25, 0.3) is 0 Å². The predicted molar refractivity (Wildman–Crippen MR) is 112 cm³/mol. The number of amides is 1. The van der Waals surface area contributed by atoms with Gasteiger partial charge >= 0.3 is 0 Å². The van der Waals surface area contributed by atoms with Gasteiger partial charge < -0.3 is 10.1 Å². The van der Waals surface area contributed by atoms with Crippen LogP contribution in [0.5, 0.6) is 0 Å². The van der Waals surface area contributed by atoms with Crippen molar-refractivity contribution in [1.82, 2.24) is 9.62 Å². The molecule has 3 rings (SSSR count). The minimum absolute atomic E-state index is 0.0671. The number of sulfonamides is 1. The molecule has 0 spiro atoms. The van der Waals surface area contributed by atoms with Crippen molar-refractivity contribution in [1.29, 1.82) is 0 Å². The number of carbonyl (C=O) groups excluding carboxylic acids is 1. The molecular formula is C21H25ClN2O4S. The zero-order valence-electron chi connectivity index (χ0n) is 16.3. The quantitative estimate of drug-likeness (QED) is 0.723. The highest BCUT2D eigenvalue weighted by molar-refractivity contribution is 7.89. The van der Waals surface area contributed by atoms with Crippen molar-refractivity contribution in [2.75, 3.05) is 26.3 Å². The monoisotopic (exact) mass is 436 g/mol. The largest absolute Gasteiger partial charge is 0.379 e. The molecule has 2 aromatic carbocycles. The molecule has 1 N–H and O–H groups in total. The lowest BCUT2D eigenvalue weighted by molar-refractivity contribution is -0.121. The number of nitrogens with zero attached hydrogens (tertiary/aromatic N) is 1. The average Bonchev–Trinajstić information content (AvgIpc) is 2.73. The molecule has 1 fully saturated rings. The van der Waals surface area contributed by atoms with Gasteiger partial charge in [0.1, 0.15) is 0 Å². The van der Waals surface area contributed by atoms with Crippen LogP contribution in [-0.2, 0) is 26.0 Å². The Morgan fingerprint density at radius 2 is 1.86 bits per heavy atom. The molecule has 1 aliphatic heterocycles. The van der Waals surface area contributed by atoms with E-state index in [9.17, 15) is 13.2 Å². The minimum Gasteiger partial charge on any atom is -0.379 e. The second-order valence-electron chi connectivity index (χ2n) is 7.00. The first-order valence-corrected chi connectivity index (χ1v) is 11.4. The van der Waals surface area contributed by atoms with Crippen LogP contribution in [0, 0.1) is 0 Å². The summed E-state index contributed by atoms with van der Waals surface area (Å²) < 4.78 is 31.9. The summed E-state index contributed by atoms with van der Waals surface area (Å²) in [5.74, 6) is -0.0671. The Labute approximate surface area is 176 Å². The van der Waals surface area contributed by atoms with Gasteiger partial charge in [-0.15, -0.1) is 0 Å². The fourth-order valence-electron chi connectivity index (χ4n) is 3.19. The molecule has 1 atom stereocenters. The molecule has 2 aromatic rings. The molecule has 1 unspecified atom stereocenters. The fourth-order valence-corrected chi connectivity index (χ4v) is 4.80. The Hall–Kier alpha value is -1.93. The lowest BCUT2D eigenvalue weighted by Gasteiger charge is -2.26. The number of carbonyl (C=O) groups is 1. The highest BCUT2D eigenvalue weighted by atomic mass is 35.5. The summed E-state index contributed by atoms with van der Waals surface area (Å²) >= 11 is 6.00. The Balaban J connectivity index is 1.54. The minimum atomic E-state index is -3.50. The predicted octanol–water partition coefficient (Wildman–Crippen LogP) is 3.17. The van der Waals surface area contributed by atoms with E-state index in [0.717, 1.165) is 11.1 Å². The highest BCUT2D eigenvalue weighted by Gasteiger charge is 2.26. The Bertz CT molecular complexity index is 941. The molecule has 1 saturated heterocycles. The number of benzene rings is 2. The van der Waals surface area contributed by atoms with Crippen LogP contribution in [0.2, 0.25) is 5.02 Å². The third-order valence-electron chi connectivity index (χ3n) is 4.90. The van der Waals surface area contributed by atoms with Gasteiger partial charge in [-0.3, -0.25) is 4.79 Å². The molecule has 29 heavy (non-hydrogen) atoms. The van der Waals surface area contributed by atoms with E-state index in [1.807, 2.05) is 25.1 Å². The molecule has 156 valence electrons. The third-order valence-corrected chi connectivity index (χ3v) is 7.05. The van der Waals surface area contributed by atoms with Gasteiger partial charge in [0.2, 0.25) is 15.9 Å². The molecule has 8 heteroatoms. The van der Waals surface area contributed by atoms with Gasteiger partial charge in [-0.25, -0.2) is 8.42 Å². The van der Waals surface area contributed by atoms with E-state index in [1.54, 1.807) is 30.3 Å². The number of halogens is 1. The number of hydrogen-bond donors (Lipinski definition) is 1. The Morgan fingerprint density at radius 3 is 2.52 bits per heavy atom. The fraction of sp³-hybridized carbons (Fsp3) is 0.381. The topological polar surface area (TPSA) is 75.7 Å². The standard InChI is InChI=1S/C21H25ClN2O4S/c1-16(18-3-2-4-19(22)15-18)23-21(25)10-7-17-5-8-20(9-6-17)29(26,27)24-11-13-28-14-12-24/h2-6,8-9,15-16H,7,10-14H2,1H3,(H,23,25). The molecule has 0 aliphatic carbocycles. The van der Waals surface area contributed by atoms with Crippen LogP contribution in [0.15, 0.2) is 53.4 Å². The van der Waals surface area contributed by atoms with Crippen molar-refractivity contribution in [2.24, 2.45) is 0 Å². The summed E-state index contributed by atoms with van der Waals surface area (Å²) in [6.45, 7) is 3.49. The van der Waals surface area contributed by atoms with Crippen molar-refractivity contribution in [3.8, 4) is 0 Å². The summed E-state index contributed by atoms with van der Waals surface area (Å²) in [6.07, 6.45) is 0.854. The number of ether oxygens (including phenoxy) is 1. The Morgan fingerprint density at radius 1 is 1.17 bits per heavy atom. The first kappa shape index (κ1) is 21.8. The van der Waals surface area contributed by atoms with Crippen LogP contribution >= 0.6 is 11.6 Å². The maximum atomic E-state index is 12.6. The van der Waals surface area contributed by atoms with E-state index in [2.05, 4.69) is 5.32 Å². The van der Waals surface area contributed by atoms with Gasteiger partial charge in [-0.1, -0.05) is 35.9 Å². The van der Waals surface area contributed by atoms with Crippen LogP contribution in [-0.4, -0.2) is 44.9 Å². The molecule has 0 saturated carbocycles. The van der Waals surface area contributed by atoms with Gasteiger partial charge in [-0.2, -0.15) is 4.31 Å². The van der Waals surface area contributed by atoms with Crippen LogP contribution in [0.3, 0.4) is 0 Å². The van der Waals surface area contributed by atoms with Crippen LogP contribution in [0.1, 0.15) is 30.5 Å². The van der Waals surface area contributed by atoms with Crippen molar-refractivity contribution in [3.05, 3.63) is 64.7 Å². The van der Waals surface area contributed by atoms with Crippen molar-refractivity contribution in [2.45, 2.75) is 30.7 Å². The molecule has 0 bridgehead atoms. The highest BCUT2D eigenvalue weighted by Crippen LogP contribution is 2.19. The molecule has 0 aromatic heterocycles. The molecule has 1 amide bonds. The van der Waals surface area contributed by atoms with Gasteiger partial charge in [0, 0.05) is 24.5 Å². The van der Waals surface area contributed by atoms with Crippen molar-refractivity contribution in [3.63, 3.8) is 0 Å². The number of nitrogens with one attached hydrogen (secondary N) is 1. The molecule has 6 nitrogen and oxygen atoms in total. The van der Waals surface area contributed by atoms with Crippen LogP contribution in [0.4, 0.5) is 0 Å². The van der Waals surface area contributed by atoms with E-state index in [1.165, 1.54) is 4.31 Å². The maximum Gasteiger partial charge on any atom is 0.243 e. The van der Waals surface area contributed by atoms with E-state index in [0.29, 0.717) is 44.2 Å². The third kappa shape index (κ3) is 5.79. The first-order valence-electron chi connectivity index (χ1n) is 9.58. The maximum absolute atomic E-state index is 12.6. The summed E-state index contributed by atoms with van der Waals surface area (Å²) in [5.41, 5.74) is 1.86. The first-order chi connectivity index (χ1) is 13.9. The number of hydrogen-bond acceptors (Lipinski definition) is 4. The van der Waals surface area contributed by atoms with Gasteiger partial charge in [0.15, 0.2) is 0 Å². The molecule has 0 radical (unpaired) electrons. The summed E-state index contributed by atoms with van der Waals surface area (Å²) in [5, 5.41) is 3.60. The number of aryl methyl sites for hydroxylation is 1. The molecule has 1 aliphatic rings. The smallest absolute Gasteiger partial charge is 0.243 e. The number of rotatable bonds is 7. The van der Waals surface area contributed by atoms with E-state index >= 15 is 0 Å². The van der Waals surface area contributed by atoms with E-state index in [-0.39, 0.29) is 16.8 Å².